The summed E-state index contributed by atoms with van der Waals surface area (Å²) in [6, 6.07) is 16.3. The van der Waals surface area contributed by atoms with Crippen molar-refractivity contribution in [3.05, 3.63) is 76.7 Å². The van der Waals surface area contributed by atoms with E-state index in [-0.39, 0.29) is 18.0 Å². The number of rotatable bonds is 8. The van der Waals surface area contributed by atoms with E-state index in [2.05, 4.69) is 52.6 Å². The molecular formula is C31H37N3O5. The first-order valence-corrected chi connectivity index (χ1v) is 13.8. The van der Waals surface area contributed by atoms with Gasteiger partial charge in [-0.2, -0.15) is 0 Å². The Balaban J connectivity index is 1.20. The fourth-order valence-corrected chi connectivity index (χ4v) is 5.75. The highest BCUT2D eigenvalue weighted by atomic mass is 16.6. The highest BCUT2D eigenvalue weighted by Crippen LogP contribution is 2.49. The molecule has 0 bridgehead atoms. The molecule has 1 amide bonds. The first-order valence-electron chi connectivity index (χ1n) is 13.8. The first kappa shape index (κ1) is 26.8. The van der Waals surface area contributed by atoms with Gasteiger partial charge in [-0.3, -0.25) is 10.1 Å². The molecule has 2 fully saturated rings. The van der Waals surface area contributed by atoms with Gasteiger partial charge in [-0.1, -0.05) is 48.5 Å². The van der Waals surface area contributed by atoms with Crippen LogP contribution in [0.5, 0.6) is 0 Å². The van der Waals surface area contributed by atoms with Crippen molar-refractivity contribution in [2.45, 2.75) is 70.3 Å². The van der Waals surface area contributed by atoms with Crippen molar-refractivity contribution in [3.63, 3.8) is 0 Å². The average molecular weight is 532 g/mol. The Morgan fingerprint density at radius 3 is 2.46 bits per heavy atom. The molecule has 1 atom stereocenters. The number of aromatic nitrogens is 1. The Bertz CT molecular complexity index is 1320. The monoisotopic (exact) mass is 531 g/mol. The summed E-state index contributed by atoms with van der Waals surface area (Å²) in [5.41, 5.74) is 5.13. The molecule has 2 aromatic carbocycles. The molecule has 5 rings (SSSR count). The van der Waals surface area contributed by atoms with Gasteiger partial charge in [-0.25, -0.2) is 4.79 Å². The Labute approximate surface area is 229 Å². The molecule has 206 valence electrons. The molecule has 1 saturated carbocycles. The maximum absolute atomic E-state index is 12.8. The van der Waals surface area contributed by atoms with Crippen LogP contribution < -0.4 is 10.2 Å². The zero-order valence-electron chi connectivity index (χ0n) is 23.2. The lowest BCUT2D eigenvalue weighted by atomic mass is 9.92. The molecule has 2 heterocycles. The van der Waals surface area contributed by atoms with Gasteiger partial charge in [0.15, 0.2) is 5.76 Å². The fraction of sp³-hybridized carbons (Fsp3) is 0.452. The normalized spacial score (nSPS) is 17.4. The van der Waals surface area contributed by atoms with E-state index in [1.807, 2.05) is 32.0 Å². The van der Waals surface area contributed by atoms with Crippen molar-refractivity contribution in [1.29, 1.82) is 0 Å². The summed E-state index contributed by atoms with van der Waals surface area (Å²) in [7, 11) is 1.45. The van der Waals surface area contributed by atoms with E-state index in [0.29, 0.717) is 17.1 Å². The number of nitrogens with one attached hydrogen (secondary N) is 1. The first-order chi connectivity index (χ1) is 18.9. The van der Waals surface area contributed by atoms with Crippen LogP contribution in [0, 0.1) is 6.92 Å². The molecule has 1 aliphatic heterocycles. The molecule has 1 saturated heterocycles. The lowest BCUT2D eigenvalue weighted by molar-refractivity contribution is -0.143. The van der Waals surface area contributed by atoms with Crippen LogP contribution in [-0.4, -0.2) is 37.4 Å². The molecule has 8 heteroatoms. The number of piperidine rings is 1. The van der Waals surface area contributed by atoms with Crippen molar-refractivity contribution in [1.82, 2.24) is 5.16 Å². The van der Waals surface area contributed by atoms with Crippen LogP contribution in [0.1, 0.15) is 79.7 Å². The smallest absolute Gasteiger partial charge is 0.412 e. The lowest BCUT2D eigenvalue weighted by Crippen LogP contribution is -2.33. The van der Waals surface area contributed by atoms with E-state index in [9.17, 15) is 9.59 Å². The number of carbonyl (C=O) groups excluding carboxylic acids is 2. The van der Waals surface area contributed by atoms with Crippen molar-refractivity contribution >= 4 is 23.4 Å². The van der Waals surface area contributed by atoms with Crippen molar-refractivity contribution in [2.24, 2.45) is 0 Å². The molecule has 1 N–H and O–H groups in total. The Morgan fingerprint density at radius 2 is 1.82 bits per heavy atom. The molecule has 2 aliphatic rings. The summed E-state index contributed by atoms with van der Waals surface area (Å²) < 4.78 is 16.5. The number of methoxy groups -OCH3 is 1. The van der Waals surface area contributed by atoms with Gasteiger partial charge in [0, 0.05) is 24.7 Å². The second-order valence-electron chi connectivity index (χ2n) is 10.6. The summed E-state index contributed by atoms with van der Waals surface area (Å²) in [6.45, 7) is 7.50. The second-order valence-corrected chi connectivity index (χ2v) is 10.6. The molecular weight excluding hydrogens is 494 g/mol. The number of esters is 1. The number of carbonyl (C=O) groups is 2. The van der Waals surface area contributed by atoms with Gasteiger partial charge in [-0.15, -0.1) is 0 Å². The largest absolute Gasteiger partial charge is 0.468 e. The van der Waals surface area contributed by atoms with Gasteiger partial charge < -0.3 is 18.9 Å². The number of anilines is 2. The van der Waals surface area contributed by atoms with Crippen molar-refractivity contribution in [3.8, 4) is 0 Å². The van der Waals surface area contributed by atoms with Crippen LogP contribution >= 0.6 is 0 Å². The van der Waals surface area contributed by atoms with Gasteiger partial charge in [0.05, 0.1) is 12.5 Å². The maximum Gasteiger partial charge on any atom is 0.412 e. The van der Waals surface area contributed by atoms with Crippen LogP contribution in [0.15, 0.2) is 53.1 Å². The number of aryl methyl sites for hydroxylation is 2. The predicted octanol–water partition coefficient (Wildman–Crippen LogP) is 6.44. The highest BCUT2D eigenvalue weighted by Gasteiger charge is 2.52. The fourth-order valence-electron chi connectivity index (χ4n) is 5.75. The number of ether oxygens (including phenoxy) is 2. The van der Waals surface area contributed by atoms with Crippen LogP contribution in [0.3, 0.4) is 0 Å². The minimum Gasteiger partial charge on any atom is -0.468 e. The third kappa shape index (κ3) is 5.37. The van der Waals surface area contributed by atoms with Crippen molar-refractivity contribution in [2.75, 3.05) is 30.4 Å². The standard InChI is InChI=1S/C31H37N3O5/c1-5-22-8-6-7-9-26(22)21(3)38-30(36)32-27-20(2)33-39-28(27)23-14-18-34(19-15-23)25-12-10-24(11-13-25)31(16-17-31)29(35)37-4/h6-13,21,23H,5,14-19H2,1-4H3,(H,32,36)/t21-/m1/s1. The van der Waals surface area contributed by atoms with Crippen LogP contribution in [0.4, 0.5) is 16.2 Å². The number of amides is 1. The van der Waals surface area contributed by atoms with E-state index in [1.165, 1.54) is 7.11 Å². The number of hydrogen-bond acceptors (Lipinski definition) is 7. The van der Waals surface area contributed by atoms with Crippen LogP contribution in [0.2, 0.25) is 0 Å². The highest BCUT2D eigenvalue weighted by molar-refractivity contribution is 5.87. The third-order valence-electron chi connectivity index (χ3n) is 8.25. The van der Waals surface area contributed by atoms with Crippen LogP contribution in [-0.2, 0) is 26.1 Å². The quantitative estimate of drug-likeness (QED) is 0.334. The Kier molecular flexibility index (Phi) is 7.64. The third-order valence-corrected chi connectivity index (χ3v) is 8.25. The topological polar surface area (TPSA) is 93.9 Å². The van der Waals surface area contributed by atoms with Gasteiger partial charge in [-0.05, 0) is 74.8 Å². The predicted molar refractivity (Wildman–Crippen MR) is 149 cm³/mol. The summed E-state index contributed by atoms with van der Waals surface area (Å²) in [4.78, 5) is 27.4. The van der Waals surface area contributed by atoms with Gasteiger partial charge >= 0.3 is 12.1 Å². The molecule has 0 radical (unpaired) electrons. The zero-order chi connectivity index (χ0) is 27.6. The Morgan fingerprint density at radius 1 is 1.13 bits per heavy atom. The average Bonchev–Trinajstić information content (AvgIpc) is 3.71. The lowest BCUT2D eigenvalue weighted by Gasteiger charge is -2.33. The number of nitrogens with zero attached hydrogens (tertiary/aromatic N) is 2. The number of hydrogen-bond donors (Lipinski definition) is 1. The minimum atomic E-state index is -0.515. The molecule has 0 spiro atoms. The van der Waals surface area contributed by atoms with Gasteiger partial charge in [0.1, 0.15) is 17.5 Å². The van der Waals surface area contributed by atoms with E-state index >= 15 is 0 Å². The number of benzene rings is 2. The van der Waals surface area contributed by atoms with Crippen molar-refractivity contribution < 1.29 is 23.6 Å². The van der Waals surface area contributed by atoms with Crippen LogP contribution in [0.25, 0.3) is 0 Å². The van der Waals surface area contributed by atoms with Gasteiger partial charge in [0.2, 0.25) is 0 Å². The molecule has 3 aromatic rings. The summed E-state index contributed by atoms with van der Waals surface area (Å²) in [6.07, 6.45) is 3.41. The molecule has 8 nitrogen and oxygen atoms in total. The zero-order valence-corrected chi connectivity index (χ0v) is 23.2. The Hall–Kier alpha value is -3.81. The summed E-state index contributed by atoms with van der Waals surface area (Å²) in [5.74, 6) is 0.700. The minimum absolute atomic E-state index is 0.143. The molecule has 0 unspecified atom stereocenters. The second kappa shape index (κ2) is 11.1. The van der Waals surface area contributed by atoms with E-state index in [1.54, 1.807) is 0 Å². The van der Waals surface area contributed by atoms with E-state index in [4.69, 9.17) is 14.0 Å². The van der Waals surface area contributed by atoms with E-state index < -0.39 is 11.5 Å². The molecule has 1 aliphatic carbocycles. The maximum atomic E-state index is 12.8. The van der Waals surface area contributed by atoms with Gasteiger partial charge in [0.25, 0.3) is 0 Å². The molecule has 1 aromatic heterocycles. The molecule has 39 heavy (non-hydrogen) atoms. The summed E-state index contributed by atoms with van der Waals surface area (Å²) >= 11 is 0. The van der Waals surface area contributed by atoms with E-state index in [0.717, 1.165) is 67.6 Å². The SMILES string of the molecule is CCc1ccccc1[C@@H](C)OC(=O)Nc1c(C)noc1C1CCN(c2ccc(C3(C(=O)OC)CC3)cc2)CC1. The summed E-state index contributed by atoms with van der Waals surface area (Å²) in [5, 5.41) is 7.06.